The highest BCUT2D eigenvalue weighted by atomic mass is 35.5. The second-order valence-electron chi connectivity index (χ2n) is 8.04. The van der Waals surface area contributed by atoms with Gasteiger partial charge in [0.1, 0.15) is 0 Å². The van der Waals surface area contributed by atoms with Crippen LogP contribution in [0.5, 0.6) is 0 Å². The van der Waals surface area contributed by atoms with Gasteiger partial charge in [0.15, 0.2) is 0 Å². The molecular weight excluding hydrogens is 336 g/mol. The van der Waals surface area contributed by atoms with Crippen molar-refractivity contribution in [2.75, 3.05) is 0 Å². The number of hydrogen-bond donors (Lipinski definition) is 0. The van der Waals surface area contributed by atoms with E-state index < -0.39 is 0 Å². The van der Waals surface area contributed by atoms with E-state index in [0.717, 1.165) is 33.9 Å². The average molecular weight is 363 g/mol. The summed E-state index contributed by atoms with van der Waals surface area (Å²) >= 11 is 5.94. The molecular formula is C25H27Cl. The van der Waals surface area contributed by atoms with Gasteiger partial charge >= 0.3 is 0 Å². The van der Waals surface area contributed by atoms with Gasteiger partial charge in [-0.15, -0.1) is 0 Å². The zero-order chi connectivity index (χ0) is 17.9. The summed E-state index contributed by atoms with van der Waals surface area (Å²) < 4.78 is 0. The Labute approximate surface area is 163 Å². The normalized spacial score (nSPS) is 24.2. The molecule has 2 aromatic rings. The summed E-state index contributed by atoms with van der Waals surface area (Å²) in [5, 5.41) is 0.757. The molecule has 2 aromatic carbocycles. The van der Waals surface area contributed by atoms with E-state index in [2.05, 4.69) is 37.0 Å². The largest absolute Gasteiger partial charge is 0.0843 e. The van der Waals surface area contributed by atoms with Gasteiger partial charge in [-0.1, -0.05) is 49.3 Å². The molecule has 2 aliphatic rings. The van der Waals surface area contributed by atoms with Crippen molar-refractivity contribution in [2.45, 2.75) is 57.8 Å². The van der Waals surface area contributed by atoms with Crippen LogP contribution in [0.25, 0.3) is 0 Å². The van der Waals surface area contributed by atoms with Crippen LogP contribution in [0, 0.1) is 23.7 Å². The van der Waals surface area contributed by atoms with Gasteiger partial charge in [0.25, 0.3) is 0 Å². The number of rotatable bonds is 2. The van der Waals surface area contributed by atoms with Crippen LogP contribution in [0.15, 0.2) is 42.5 Å². The Morgan fingerprint density at radius 3 is 2.54 bits per heavy atom. The maximum absolute atomic E-state index is 5.94. The van der Waals surface area contributed by atoms with Gasteiger partial charge < -0.3 is 0 Å². The molecule has 1 saturated carbocycles. The van der Waals surface area contributed by atoms with Crippen molar-refractivity contribution >= 4 is 11.6 Å². The van der Waals surface area contributed by atoms with Crippen molar-refractivity contribution in [1.82, 2.24) is 0 Å². The number of benzene rings is 2. The zero-order valence-corrected chi connectivity index (χ0v) is 16.4. The molecule has 0 N–H and O–H groups in total. The van der Waals surface area contributed by atoms with Crippen LogP contribution in [0.1, 0.15) is 73.6 Å². The maximum Gasteiger partial charge on any atom is 0.0406 e. The van der Waals surface area contributed by atoms with Gasteiger partial charge in [0, 0.05) is 16.1 Å². The Morgan fingerprint density at radius 1 is 0.962 bits per heavy atom. The van der Waals surface area contributed by atoms with Crippen molar-refractivity contribution in [3.05, 3.63) is 69.7 Å². The quantitative estimate of drug-likeness (QED) is 0.505. The average Bonchev–Trinajstić information content (AvgIpc) is 2.67. The first-order chi connectivity index (χ1) is 12.7. The van der Waals surface area contributed by atoms with E-state index in [1.165, 1.54) is 44.9 Å². The molecule has 0 heterocycles. The van der Waals surface area contributed by atoms with E-state index in [0.29, 0.717) is 0 Å². The molecule has 1 fully saturated rings. The van der Waals surface area contributed by atoms with E-state index >= 15 is 0 Å². The van der Waals surface area contributed by atoms with Crippen molar-refractivity contribution < 1.29 is 0 Å². The fraction of sp³-hybridized carbons (Fsp3) is 0.440. The molecule has 134 valence electrons. The maximum atomic E-state index is 5.94. The lowest BCUT2D eigenvalue weighted by atomic mass is 9.64. The predicted molar refractivity (Wildman–Crippen MR) is 111 cm³/mol. The lowest BCUT2D eigenvalue weighted by molar-refractivity contribution is 0.201. The second-order valence-corrected chi connectivity index (χ2v) is 8.48. The van der Waals surface area contributed by atoms with E-state index in [-0.39, 0.29) is 0 Å². The van der Waals surface area contributed by atoms with Gasteiger partial charge in [0.2, 0.25) is 0 Å². The Morgan fingerprint density at radius 2 is 1.73 bits per heavy atom. The molecule has 0 aromatic heterocycles. The molecule has 0 nitrogen and oxygen atoms in total. The highest BCUT2D eigenvalue weighted by molar-refractivity contribution is 6.30. The minimum Gasteiger partial charge on any atom is -0.0843 e. The van der Waals surface area contributed by atoms with Gasteiger partial charge in [-0.2, -0.15) is 0 Å². The smallest absolute Gasteiger partial charge is 0.0406 e. The molecule has 3 atom stereocenters. The second kappa shape index (κ2) is 7.89. The van der Waals surface area contributed by atoms with Gasteiger partial charge in [0.05, 0.1) is 0 Å². The fourth-order valence-corrected chi connectivity index (χ4v) is 5.17. The Bertz CT molecular complexity index is 821. The summed E-state index contributed by atoms with van der Waals surface area (Å²) in [6.07, 6.45) is 9.63. The van der Waals surface area contributed by atoms with Gasteiger partial charge in [-0.25, -0.2) is 0 Å². The van der Waals surface area contributed by atoms with Crippen LogP contribution in [-0.2, 0) is 6.42 Å². The first-order valence-corrected chi connectivity index (χ1v) is 10.5. The molecule has 0 aliphatic heterocycles. The van der Waals surface area contributed by atoms with E-state index in [1.807, 2.05) is 24.3 Å². The van der Waals surface area contributed by atoms with Gasteiger partial charge in [-0.05, 0) is 97.4 Å². The predicted octanol–water partition coefficient (Wildman–Crippen LogP) is 6.99. The summed E-state index contributed by atoms with van der Waals surface area (Å²) in [6, 6.07) is 14.7. The third kappa shape index (κ3) is 3.84. The lowest BCUT2D eigenvalue weighted by Gasteiger charge is -2.40. The van der Waals surface area contributed by atoms with Crippen LogP contribution in [0.2, 0.25) is 5.02 Å². The van der Waals surface area contributed by atoms with Crippen molar-refractivity contribution in [3.8, 4) is 11.8 Å². The highest BCUT2D eigenvalue weighted by Crippen LogP contribution is 2.47. The molecule has 0 amide bonds. The molecule has 4 rings (SSSR count). The van der Waals surface area contributed by atoms with Crippen LogP contribution in [-0.4, -0.2) is 0 Å². The van der Waals surface area contributed by atoms with Crippen LogP contribution in [0.4, 0.5) is 0 Å². The van der Waals surface area contributed by atoms with Crippen LogP contribution in [0.3, 0.4) is 0 Å². The van der Waals surface area contributed by atoms with Crippen molar-refractivity contribution in [3.63, 3.8) is 0 Å². The fourth-order valence-electron chi connectivity index (χ4n) is 5.04. The summed E-state index contributed by atoms with van der Waals surface area (Å²) in [5.41, 5.74) is 5.31. The zero-order valence-electron chi connectivity index (χ0n) is 15.6. The summed E-state index contributed by atoms with van der Waals surface area (Å²) in [4.78, 5) is 0. The Balaban J connectivity index is 1.51. The first-order valence-electron chi connectivity index (χ1n) is 10.1. The molecule has 2 aliphatic carbocycles. The van der Waals surface area contributed by atoms with Crippen molar-refractivity contribution in [2.24, 2.45) is 11.8 Å². The molecule has 0 saturated heterocycles. The summed E-state index contributed by atoms with van der Waals surface area (Å²) in [6.45, 7) is 2.33. The number of fused-ring (bicyclic) bond motifs is 3. The molecule has 0 bridgehead atoms. The SMILES string of the molecule is CCCC1CCC2c3ccc(C#Cc4ccc(Cl)cc4)cc3CCC2C1. The molecule has 3 unspecified atom stereocenters. The Hall–Kier alpha value is -1.71. The molecule has 26 heavy (non-hydrogen) atoms. The third-order valence-electron chi connectivity index (χ3n) is 6.31. The van der Waals surface area contributed by atoms with E-state index in [9.17, 15) is 0 Å². The number of hydrogen-bond acceptors (Lipinski definition) is 0. The number of aryl methyl sites for hydroxylation is 1. The van der Waals surface area contributed by atoms with E-state index in [1.54, 1.807) is 11.1 Å². The lowest BCUT2D eigenvalue weighted by Crippen LogP contribution is -2.28. The highest BCUT2D eigenvalue weighted by Gasteiger charge is 2.34. The Kier molecular flexibility index (Phi) is 5.37. The minimum atomic E-state index is 0.757. The third-order valence-corrected chi connectivity index (χ3v) is 6.56. The van der Waals surface area contributed by atoms with Crippen LogP contribution < -0.4 is 0 Å². The van der Waals surface area contributed by atoms with E-state index in [4.69, 9.17) is 11.6 Å². The summed E-state index contributed by atoms with van der Waals surface area (Å²) in [7, 11) is 0. The minimum absolute atomic E-state index is 0.757. The monoisotopic (exact) mass is 362 g/mol. The van der Waals surface area contributed by atoms with Gasteiger partial charge in [-0.3, -0.25) is 0 Å². The molecule has 0 radical (unpaired) electrons. The standard InChI is InChI=1S/C25H27Cl/c1-2-3-19-8-14-24-21(16-19)10-11-22-17-20(9-15-25(22)24)5-4-18-6-12-23(26)13-7-18/h6-7,9,12-13,15,17,19,21,24H,2-3,8,10-11,14,16H2,1H3. The first kappa shape index (κ1) is 17.7. The molecule has 1 heteroatoms. The summed E-state index contributed by atoms with van der Waals surface area (Å²) in [5.74, 6) is 9.29. The molecule has 0 spiro atoms. The van der Waals surface area contributed by atoms with Crippen LogP contribution >= 0.6 is 11.6 Å². The topological polar surface area (TPSA) is 0 Å². The number of halogens is 1. The van der Waals surface area contributed by atoms with Crippen molar-refractivity contribution in [1.29, 1.82) is 0 Å².